The number of esters is 1. The second kappa shape index (κ2) is 5.86. The molecule has 0 saturated carbocycles. The highest BCUT2D eigenvalue weighted by Crippen LogP contribution is 2.12. The van der Waals surface area contributed by atoms with Gasteiger partial charge in [0.2, 0.25) is 0 Å². The van der Waals surface area contributed by atoms with E-state index in [0.717, 1.165) is 11.3 Å². The maximum atomic E-state index is 11.7. The fourth-order valence-corrected chi connectivity index (χ4v) is 1.51. The molecule has 0 radical (unpaired) electrons. The quantitative estimate of drug-likeness (QED) is 0.849. The zero-order chi connectivity index (χ0) is 13.7. The molecular formula is C14H14N2O3. The molecule has 0 amide bonds. The molecule has 1 aromatic carbocycles. The van der Waals surface area contributed by atoms with Crippen molar-refractivity contribution in [3.63, 3.8) is 0 Å². The zero-order valence-electron chi connectivity index (χ0n) is 10.5. The summed E-state index contributed by atoms with van der Waals surface area (Å²) >= 11 is 0. The maximum absolute atomic E-state index is 11.7. The fraction of sp³-hybridized carbons (Fsp3) is 0.143. The number of anilines is 1. The number of benzene rings is 1. The van der Waals surface area contributed by atoms with E-state index in [1.54, 1.807) is 25.3 Å². The summed E-state index contributed by atoms with van der Waals surface area (Å²) in [4.78, 5) is 15.6. The molecule has 0 aliphatic rings. The molecule has 0 atom stereocenters. The van der Waals surface area contributed by atoms with Crippen molar-refractivity contribution < 1.29 is 14.3 Å². The minimum atomic E-state index is -0.497. The van der Waals surface area contributed by atoms with Gasteiger partial charge in [0.05, 0.1) is 7.11 Å². The Morgan fingerprint density at radius 3 is 2.58 bits per heavy atom. The van der Waals surface area contributed by atoms with E-state index in [0.29, 0.717) is 5.82 Å². The van der Waals surface area contributed by atoms with E-state index in [9.17, 15) is 4.79 Å². The Morgan fingerprint density at radius 1 is 1.21 bits per heavy atom. The first kappa shape index (κ1) is 12.9. The van der Waals surface area contributed by atoms with Crippen LogP contribution in [0.2, 0.25) is 0 Å². The molecule has 0 unspecified atom stereocenters. The van der Waals surface area contributed by atoms with E-state index in [4.69, 9.17) is 15.2 Å². The van der Waals surface area contributed by atoms with Gasteiger partial charge in [0.25, 0.3) is 0 Å². The average Bonchev–Trinajstić information content (AvgIpc) is 2.45. The smallest absolute Gasteiger partial charge is 0.357 e. The molecular weight excluding hydrogens is 244 g/mol. The van der Waals surface area contributed by atoms with Gasteiger partial charge in [0, 0.05) is 0 Å². The Labute approximate surface area is 111 Å². The summed E-state index contributed by atoms with van der Waals surface area (Å²) < 4.78 is 10.2. The van der Waals surface area contributed by atoms with Crippen LogP contribution in [0.3, 0.4) is 0 Å². The first-order valence-electron chi connectivity index (χ1n) is 5.71. The molecule has 0 saturated heterocycles. The molecule has 0 aliphatic heterocycles. The van der Waals surface area contributed by atoms with Crippen molar-refractivity contribution in [3.8, 4) is 5.75 Å². The number of aromatic nitrogens is 1. The van der Waals surface area contributed by atoms with Crippen LogP contribution in [0.1, 0.15) is 16.1 Å². The van der Waals surface area contributed by atoms with E-state index in [1.165, 1.54) is 0 Å². The van der Waals surface area contributed by atoms with E-state index in [2.05, 4.69) is 4.98 Å². The molecule has 2 N–H and O–H groups in total. The monoisotopic (exact) mass is 258 g/mol. The van der Waals surface area contributed by atoms with Gasteiger partial charge in [-0.25, -0.2) is 9.78 Å². The summed E-state index contributed by atoms with van der Waals surface area (Å²) in [5, 5.41) is 0. The van der Waals surface area contributed by atoms with Crippen LogP contribution in [0.4, 0.5) is 5.82 Å². The highest BCUT2D eigenvalue weighted by molar-refractivity contribution is 5.87. The zero-order valence-corrected chi connectivity index (χ0v) is 10.5. The maximum Gasteiger partial charge on any atom is 0.357 e. The van der Waals surface area contributed by atoms with Crippen molar-refractivity contribution in [1.29, 1.82) is 0 Å². The van der Waals surface area contributed by atoms with Gasteiger partial charge in [-0.05, 0) is 29.8 Å². The third-order valence-electron chi connectivity index (χ3n) is 2.51. The topological polar surface area (TPSA) is 74.4 Å². The predicted octanol–water partition coefficient (Wildman–Crippen LogP) is 2.03. The SMILES string of the molecule is COc1ccc(COC(=O)c2cccc(N)n2)cc1. The molecule has 19 heavy (non-hydrogen) atoms. The van der Waals surface area contributed by atoms with Crippen LogP contribution in [0.25, 0.3) is 0 Å². The molecule has 0 fully saturated rings. The van der Waals surface area contributed by atoms with Gasteiger partial charge in [-0.2, -0.15) is 0 Å². The van der Waals surface area contributed by atoms with Crippen LogP contribution >= 0.6 is 0 Å². The molecule has 2 rings (SSSR count). The number of pyridine rings is 1. The van der Waals surface area contributed by atoms with E-state index in [1.807, 2.05) is 24.3 Å². The van der Waals surface area contributed by atoms with Crippen LogP contribution in [0.5, 0.6) is 5.75 Å². The largest absolute Gasteiger partial charge is 0.497 e. The highest BCUT2D eigenvalue weighted by Gasteiger charge is 2.09. The third-order valence-corrected chi connectivity index (χ3v) is 2.51. The predicted molar refractivity (Wildman–Crippen MR) is 70.8 cm³/mol. The van der Waals surface area contributed by atoms with Crippen molar-refractivity contribution in [1.82, 2.24) is 4.98 Å². The van der Waals surface area contributed by atoms with Crippen molar-refractivity contribution in [2.45, 2.75) is 6.61 Å². The van der Waals surface area contributed by atoms with Crippen LogP contribution < -0.4 is 10.5 Å². The lowest BCUT2D eigenvalue weighted by atomic mass is 10.2. The van der Waals surface area contributed by atoms with Gasteiger partial charge in [-0.15, -0.1) is 0 Å². The number of carbonyl (C=O) groups is 1. The first-order valence-corrected chi connectivity index (χ1v) is 5.71. The molecule has 0 spiro atoms. The lowest BCUT2D eigenvalue weighted by Crippen LogP contribution is -2.08. The molecule has 1 heterocycles. The Balaban J connectivity index is 1.96. The lowest BCUT2D eigenvalue weighted by molar-refractivity contribution is 0.0466. The Kier molecular flexibility index (Phi) is 3.97. The van der Waals surface area contributed by atoms with Gasteiger partial charge >= 0.3 is 5.97 Å². The molecule has 98 valence electrons. The number of hydrogen-bond donors (Lipinski definition) is 1. The summed E-state index contributed by atoms with van der Waals surface area (Å²) in [7, 11) is 1.60. The van der Waals surface area contributed by atoms with Gasteiger partial charge in [0.1, 0.15) is 18.2 Å². The summed E-state index contributed by atoms with van der Waals surface area (Å²) in [6, 6.07) is 12.1. The Morgan fingerprint density at radius 2 is 1.95 bits per heavy atom. The van der Waals surface area contributed by atoms with Crippen LogP contribution in [-0.2, 0) is 11.3 Å². The number of hydrogen-bond acceptors (Lipinski definition) is 5. The Hall–Kier alpha value is -2.56. The number of nitrogens with two attached hydrogens (primary N) is 1. The summed E-state index contributed by atoms with van der Waals surface area (Å²) in [6.45, 7) is 0.180. The van der Waals surface area contributed by atoms with Crippen LogP contribution in [0.15, 0.2) is 42.5 Å². The molecule has 0 bridgehead atoms. The van der Waals surface area contributed by atoms with Crippen molar-refractivity contribution in [3.05, 3.63) is 53.7 Å². The van der Waals surface area contributed by atoms with Crippen LogP contribution in [0, 0.1) is 0 Å². The van der Waals surface area contributed by atoms with E-state index >= 15 is 0 Å². The van der Waals surface area contributed by atoms with Crippen molar-refractivity contribution in [2.24, 2.45) is 0 Å². The molecule has 0 aliphatic carbocycles. The second-order valence-electron chi connectivity index (χ2n) is 3.87. The van der Waals surface area contributed by atoms with E-state index in [-0.39, 0.29) is 12.3 Å². The summed E-state index contributed by atoms with van der Waals surface area (Å²) in [5.74, 6) is 0.551. The second-order valence-corrected chi connectivity index (χ2v) is 3.87. The molecule has 1 aromatic heterocycles. The number of carbonyl (C=O) groups excluding carboxylic acids is 1. The number of rotatable bonds is 4. The molecule has 2 aromatic rings. The lowest BCUT2D eigenvalue weighted by Gasteiger charge is -2.05. The number of nitrogens with zero attached hydrogens (tertiary/aromatic N) is 1. The minimum Gasteiger partial charge on any atom is -0.497 e. The van der Waals surface area contributed by atoms with Gasteiger partial charge < -0.3 is 15.2 Å². The van der Waals surface area contributed by atoms with Gasteiger partial charge in [0.15, 0.2) is 5.69 Å². The summed E-state index contributed by atoms with van der Waals surface area (Å²) in [5.41, 5.74) is 6.58. The van der Waals surface area contributed by atoms with Gasteiger partial charge in [-0.3, -0.25) is 0 Å². The van der Waals surface area contributed by atoms with E-state index < -0.39 is 5.97 Å². The normalized spacial score (nSPS) is 9.95. The highest BCUT2D eigenvalue weighted by atomic mass is 16.5. The standard InChI is InChI=1S/C14H14N2O3/c1-18-11-7-5-10(6-8-11)9-19-14(17)12-3-2-4-13(15)16-12/h2-8H,9H2,1H3,(H2,15,16). The molecule has 5 nitrogen and oxygen atoms in total. The first-order chi connectivity index (χ1) is 9.19. The number of methoxy groups -OCH3 is 1. The third kappa shape index (κ3) is 3.45. The average molecular weight is 258 g/mol. The van der Waals surface area contributed by atoms with Gasteiger partial charge in [-0.1, -0.05) is 18.2 Å². The summed E-state index contributed by atoms with van der Waals surface area (Å²) in [6.07, 6.45) is 0. The Bertz CT molecular complexity index is 567. The van der Waals surface area contributed by atoms with Crippen LogP contribution in [-0.4, -0.2) is 18.1 Å². The molecule has 5 heteroatoms. The fourth-order valence-electron chi connectivity index (χ4n) is 1.51. The number of nitrogen functional groups attached to an aromatic ring is 1. The van der Waals surface area contributed by atoms with Crippen molar-refractivity contribution in [2.75, 3.05) is 12.8 Å². The number of ether oxygens (including phenoxy) is 2. The minimum absolute atomic E-state index is 0.180. The van der Waals surface area contributed by atoms with Crippen molar-refractivity contribution >= 4 is 11.8 Å².